The van der Waals surface area contributed by atoms with Crippen LogP contribution in [-0.4, -0.2) is 18.1 Å². The number of methoxy groups -OCH3 is 1. The van der Waals surface area contributed by atoms with Gasteiger partial charge in [-0.1, -0.05) is 29.8 Å². The Hall–Kier alpha value is -1.59. The molecule has 0 aliphatic heterocycles. The van der Waals surface area contributed by atoms with Crippen LogP contribution >= 0.6 is 22.9 Å². The van der Waals surface area contributed by atoms with Gasteiger partial charge >= 0.3 is 5.97 Å². The first kappa shape index (κ1) is 12.9. The second-order valence-electron chi connectivity index (χ2n) is 3.47. The van der Waals surface area contributed by atoms with Crippen molar-refractivity contribution < 1.29 is 9.53 Å². The molecule has 0 fully saturated rings. The summed E-state index contributed by atoms with van der Waals surface area (Å²) in [6.07, 6.45) is 0. The molecule has 0 saturated heterocycles. The van der Waals surface area contributed by atoms with Crippen molar-refractivity contribution in [2.24, 2.45) is 0 Å². The van der Waals surface area contributed by atoms with E-state index in [2.05, 4.69) is 15.0 Å². The Kier molecular flexibility index (Phi) is 4.17. The number of esters is 1. The topological polar surface area (TPSA) is 51.2 Å². The molecular formula is C12H11ClN2O2S. The highest BCUT2D eigenvalue weighted by atomic mass is 35.5. The second kappa shape index (κ2) is 5.84. The largest absolute Gasteiger partial charge is 0.464 e. The van der Waals surface area contributed by atoms with E-state index in [1.807, 2.05) is 24.3 Å². The molecule has 0 unspecified atom stereocenters. The molecule has 94 valence electrons. The molecule has 0 radical (unpaired) electrons. The van der Waals surface area contributed by atoms with Crippen molar-refractivity contribution in [1.82, 2.24) is 4.98 Å². The number of hydrogen-bond donors (Lipinski definition) is 1. The van der Waals surface area contributed by atoms with Crippen LogP contribution in [0.15, 0.2) is 29.6 Å². The number of nitrogens with zero attached hydrogens (tertiary/aromatic N) is 1. The monoisotopic (exact) mass is 282 g/mol. The summed E-state index contributed by atoms with van der Waals surface area (Å²) in [5, 5.41) is 6.14. The zero-order chi connectivity index (χ0) is 13.0. The van der Waals surface area contributed by atoms with Crippen LogP contribution in [0, 0.1) is 0 Å². The molecule has 0 amide bonds. The number of benzene rings is 1. The van der Waals surface area contributed by atoms with Gasteiger partial charge in [-0.2, -0.15) is 0 Å². The summed E-state index contributed by atoms with van der Waals surface area (Å²) >= 11 is 7.39. The molecule has 6 heteroatoms. The maximum Gasteiger partial charge on any atom is 0.357 e. The molecule has 4 nitrogen and oxygen atoms in total. The van der Waals surface area contributed by atoms with Gasteiger partial charge in [-0.3, -0.25) is 0 Å². The summed E-state index contributed by atoms with van der Waals surface area (Å²) < 4.78 is 4.59. The highest BCUT2D eigenvalue weighted by Gasteiger charge is 2.10. The maximum atomic E-state index is 11.2. The van der Waals surface area contributed by atoms with Gasteiger partial charge in [-0.05, 0) is 11.6 Å². The van der Waals surface area contributed by atoms with E-state index in [-0.39, 0.29) is 0 Å². The van der Waals surface area contributed by atoms with Crippen molar-refractivity contribution in [3.05, 3.63) is 45.9 Å². The predicted molar refractivity (Wildman–Crippen MR) is 72.2 cm³/mol. The lowest BCUT2D eigenvalue weighted by Gasteiger charge is -2.04. The zero-order valence-electron chi connectivity index (χ0n) is 9.64. The summed E-state index contributed by atoms with van der Waals surface area (Å²) in [6, 6.07) is 7.57. The van der Waals surface area contributed by atoms with Gasteiger partial charge in [0.2, 0.25) is 0 Å². The van der Waals surface area contributed by atoms with Gasteiger partial charge in [0.1, 0.15) is 0 Å². The third-order valence-electron chi connectivity index (χ3n) is 2.29. The Morgan fingerprint density at radius 3 is 3.00 bits per heavy atom. The Morgan fingerprint density at radius 1 is 1.50 bits per heavy atom. The standard InChI is InChI=1S/C12H11ClN2O2S/c1-17-11(16)10-7-18-12(15-10)14-6-8-4-2-3-5-9(8)13/h2-5,7H,6H2,1H3,(H,14,15). The van der Waals surface area contributed by atoms with Crippen molar-refractivity contribution in [2.75, 3.05) is 12.4 Å². The second-order valence-corrected chi connectivity index (χ2v) is 4.74. The number of thiazole rings is 1. The first-order chi connectivity index (χ1) is 8.70. The zero-order valence-corrected chi connectivity index (χ0v) is 11.2. The van der Waals surface area contributed by atoms with Crippen LogP contribution in [0.4, 0.5) is 5.13 Å². The van der Waals surface area contributed by atoms with Gasteiger partial charge in [0, 0.05) is 16.9 Å². The van der Waals surface area contributed by atoms with Crippen molar-refractivity contribution in [2.45, 2.75) is 6.54 Å². The lowest BCUT2D eigenvalue weighted by Crippen LogP contribution is -2.03. The molecule has 1 aromatic carbocycles. The third kappa shape index (κ3) is 3.00. The normalized spacial score (nSPS) is 10.1. The molecule has 0 atom stereocenters. The summed E-state index contributed by atoms with van der Waals surface area (Å²) in [5.74, 6) is -0.433. The molecule has 0 saturated carbocycles. The van der Waals surface area contributed by atoms with Gasteiger partial charge in [-0.25, -0.2) is 9.78 Å². The minimum atomic E-state index is -0.433. The molecule has 18 heavy (non-hydrogen) atoms. The summed E-state index contributed by atoms with van der Waals surface area (Å²) in [7, 11) is 1.33. The van der Waals surface area contributed by atoms with E-state index in [4.69, 9.17) is 11.6 Å². The van der Waals surface area contributed by atoms with Crippen molar-refractivity contribution >= 4 is 34.0 Å². The van der Waals surface area contributed by atoms with Crippen LogP contribution in [-0.2, 0) is 11.3 Å². The van der Waals surface area contributed by atoms with E-state index in [0.717, 1.165) is 5.56 Å². The molecular weight excluding hydrogens is 272 g/mol. The Bertz CT molecular complexity index is 557. The van der Waals surface area contributed by atoms with Gasteiger partial charge in [0.05, 0.1) is 7.11 Å². The van der Waals surface area contributed by atoms with E-state index in [0.29, 0.717) is 22.4 Å². The van der Waals surface area contributed by atoms with Crippen LogP contribution in [0.3, 0.4) is 0 Å². The van der Waals surface area contributed by atoms with E-state index in [1.165, 1.54) is 18.4 Å². The number of nitrogens with one attached hydrogen (secondary N) is 1. The molecule has 2 rings (SSSR count). The molecule has 2 aromatic rings. The third-order valence-corrected chi connectivity index (χ3v) is 3.46. The highest BCUT2D eigenvalue weighted by molar-refractivity contribution is 7.13. The predicted octanol–water partition coefficient (Wildman–Crippen LogP) is 3.20. The van der Waals surface area contributed by atoms with E-state index < -0.39 is 5.97 Å². The summed E-state index contributed by atoms with van der Waals surface area (Å²) in [6.45, 7) is 0.563. The van der Waals surface area contributed by atoms with Crippen LogP contribution in [0.25, 0.3) is 0 Å². The van der Waals surface area contributed by atoms with Gasteiger partial charge in [-0.15, -0.1) is 11.3 Å². The van der Waals surface area contributed by atoms with Gasteiger partial charge in [0.25, 0.3) is 0 Å². The maximum absolute atomic E-state index is 11.2. The van der Waals surface area contributed by atoms with E-state index in [1.54, 1.807) is 5.38 Å². The number of ether oxygens (including phenoxy) is 1. The first-order valence-electron chi connectivity index (χ1n) is 5.22. The van der Waals surface area contributed by atoms with E-state index in [9.17, 15) is 4.79 Å². The summed E-state index contributed by atoms with van der Waals surface area (Å²) in [5.41, 5.74) is 1.29. The molecule has 1 aromatic heterocycles. The van der Waals surface area contributed by atoms with Crippen LogP contribution in [0.1, 0.15) is 16.1 Å². The minimum absolute atomic E-state index is 0.309. The SMILES string of the molecule is COC(=O)c1csc(NCc2ccccc2Cl)n1. The van der Waals surface area contributed by atoms with E-state index >= 15 is 0 Å². The fourth-order valence-corrected chi connectivity index (χ4v) is 2.25. The quantitative estimate of drug-likeness (QED) is 0.875. The number of carbonyl (C=O) groups excluding carboxylic acids is 1. The van der Waals surface area contributed by atoms with Crippen molar-refractivity contribution in [1.29, 1.82) is 0 Å². The number of hydrogen-bond acceptors (Lipinski definition) is 5. The molecule has 1 N–H and O–H groups in total. The Labute approximate surface area is 114 Å². The number of rotatable bonds is 4. The smallest absolute Gasteiger partial charge is 0.357 e. The Morgan fingerprint density at radius 2 is 2.28 bits per heavy atom. The highest BCUT2D eigenvalue weighted by Crippen LogP contribution is 2.19. The Balaban J connectivity index is 2.01. The average Bonchev–Trinajstić information content (AvgIpc) is 2.86. The van der Waals surface area contributed by atoms with Crippen molar-refractivity contribution in [3.63, 3.8) is 0 Å². The van der Waals surface area contributed by atoms with Crippen LogP contribution < -0.4 is 5.32 Å². The average molecular weight is 283 g/mol. The van der Waals surface area contributed by atoms with Gasteiger partial charge in [0.15, 0.2) is 10.8 Å². The molecule has 0 bridgehead atoms. The number of carbonyl (C=O) groups is 1. The van der Waals surface area contributed by atoms with Gasteiger partial charge < -0.3 is 10.1 Å². The molecule has 0 aliphatic rings. The number of halogens is 1. The fourth-order valence-electron chi connectivity index (χ4n) is 1.37. The van der Waals surface area contributed by atoms with Crippen LogP contribution in [0.5, 0.6) is 0 Å². The number of anilines is 1. The number of aromatic nitrogens is 1. The lowest BCUT2D eigenvalue weighted by molar-refractivity contribution is 0.0595. The lowest BCUT2D eigenvalue weighted by atomic mass is 10.2. The fraction of sp³-hybridized carbons (Fsp3) is 0.167. The van der Waals surface area contributed by atoms with Crippen LogP contribution in [0.2, 0.25) is 5.02 Å². The first-order valence-corrected chi connectivity index (χ1v) is 6.47. The minimum Gasteiger partial charge on any atom is -0.464 e. The molecule has 1 heterocycles. The molecule has 0 spiro atoms. The van der Waals surface area contributed by atoms with Crippen molar-refractivity contribution in [3.8, 4) is 0 Å². The molecule has 0 aliphatic carbocycles. The summed E-state index contributed by atoms with van der Waals surface area (Å²) in [4.78, 5) is 15.3.